The molecule has 3 N–H and O–H groups in total. The third kappa shape index (κ3) is 11.4. The van der Waals surface area contributed by atoms with Gasteiger partial charge in [-0.1, -0.05) is 42.5 Å². The van der Waals surface area contributed by atoms with E-state index in [4.69, 9.17) is 17.3 Å². The minimum Gasteiger partial charge on any atom is -0.481 e. The van der Waals surface area contributed by atoms with Gasteiger partial charge in [-0.05, 0) is 24.8 Å². The maximum Gasteiger partial charge on any atom is 0.303 e. The minimum atomic E-state index is -1.00. The molecule has 1 atom stereocenters. The Kier molecular flexibility index (Phi) is 12.2. The minimum absolute atomic E-state index is 0.000385. The summed E-state index contributed by atoms with van der Waals surface area (Å²) in [7, 11) is 1.72. The summed E-state index contributed by atoms with van der Waals surface area (Å²) in [6.07, 6.45) is 2.23. The smallest absolute Gasteiger partial charge is 0.303 e. The fourth-order valence-electron chi connectivity index (χ4n) is 2.92. The van der Waals surface area contributed by atoms with Gasteiger partial charge in [-0.2, -0.15) is 0 Å². The Morgan fingerprint density at radius 3 is 2.03 bits per heavy atom. The predicted molar refractivity (Wildman–Crippen MR) is 118 cm³/mol. The highest BCUT2D eigenvalue weighted by Gasteiger charge is 2.17. The molecule has 7 nitrogen and oxygen atoms in total. The van der Waals surface area contributed by atoms with Crippen LogP contribution in [-0.2, 0) is 25.6 Å². The Hall–Kier alpha value is -2.61. The molecule has 0 heterocycles. The third-order valence-electron chi connectivity index (χ3n) is 4.57. The highest BCUT2D eigenvalue weighted by molar-refractivity contribution is 7.80. The van der Waals surface area contributed by atoms with E-state index in [9.17, 15) is 19.2 Å². The molecule has 0 fully saturated rings. The molecule has 0 spiro atoms. The van der Waals surface area contributed by atoms with E-state index in [0.717, 1.165) is 5.56 Å². The van der Waals surface area contributed by atoms with Crippen molar-refractivity contribution in [2.75, 3.05) is 7.05 Å². The van der Waals surface area contributed by atoms with Gasteiger partial charge in [0.05, 0.1) is 17.5 Å². The lowest BCUT2D eigenvalue weighted by molar-refractivity contribution is -0.138. The molecule has 1 aromatic rings. The monoisotopic (exact) mass is 434 g/mol. The lowest BCUT2D eigenvalue weighted by atomic mass is 10.0. The number of ketones is 2. The van der Waals surface area contributed by atoms with Crippen molar-refractivity contribution in [1.82, 2.24) is 10.6 Å². The second kappa shape index (κ2) is 14.4. The summed E-state index contributed by atoms with van der Waals surface area (Å²) < 4.78 is 0. The second-order valence-corrected chi connectivity index (χ2v) is 7.54. The summed E-state index contributed by atoms with van der Waals surface area (Å²) in [5, 5.41) is 14.4. The van der Waals surface area contributed by atoms with Crippen molar-refractivity contribution in [3.8, 4) is 0 Å². The standard InChI is InChI=1S/C22H30N2O5S/c1-23-22(30)19(15-16-7-3-2-4-8-16)24-20(27)12-6-11-17(25)9-5-10-18(26)13-14-21(28)29/h2-4,7-8,19H,5-6,9-15H2,1H3,(H,23,30)(H,24,27)(H,28,29)/t19-/m0/s1. The van der Waals surface area contributed by atoms with Crippen molar-refractivity contribution in [1.29, 1.82) is 0 Å². The van der Waals surface area contributed by atoms with Crippen LogP contribution in [0.3, 0.4) is 0 Å². The Bertz CT molecular complexity index is 736. The van der Waals surface area contributed by atoms with Crippen LogP contribution in [0.5, 0.6) is 0 Å². The van der Waals surface area contributed by atoms with E-state index in [0.29, 0.717) is 24.3 Å². The van der Waals surface area contributed by atoms with E-state index in [1.807, 2.05) is 30.3 Å². The normalized spacial score (nSPS) is 11.4. The van der Waals surface area contributed by atoms with Gasteiger partial charge in [0.1, 0.15) is 11.6 Å². The number of carboxylic acids is 1. The number of hydrogen-bond donors (Lipinski definition) is 3. The van der Waals surface area contributed by atoms with Crippen LogP contribution in [0.4, 0.5) is 0 Å². The van der Waals surface area contributed by atoms with Gasteiger partial charge < -0.3 is 15.7 Å². The zero-order valence-electron chi connectivity index (χ0n) is 17.3. The SMILES string of the molecule is CNC(=S)[C@H](Cc1ccccc1)NC(=O)CCCC(=O)CCCC(=O)CCC(=O)O. The molecule has 0 bridgehead atoms. The van der Waals surface area contributed by atoms with Crippen LogP contribution in [0.1, 0.15) is 56.9 Å². The molecule has 0 aromatic heterocycles. The second-order valence-electron chi connectivity index (χ2n) is 7.10. The number of aliphatic carboxylic acids is 1. The van der Waals surface area contributed by atoms with E-state index in [1.165, 1.54) is 0 Å². The topological polar surface area (TPSA) is 113 Å². The van der Waals surface area contributed by atoms with Crippen LogP contribution >= 0.6 is 12.2 Å². The molecule has 0 aliphatic rings. The highest BCUT2D eigenvalue weighted by atomic mass is 32.1. The number of Topliss-reactive ketones (excluding diaryl/α,β-unsaturated/α-hetero) is 2. The van der Waals surface area contributed by atoms with Crippen molar-refractivity contribution in [2.24, 2.45) is 0 Å². The molecule has 0 radical (unpaired) electrons. The van der Waals surface area contributed by atoms with E-state index in [1.54, 1.807) is 7.05 Å². The first-order valence-electron chi connectivity index (χ1n) is 10.1. The molecule has 1 rings (SSSR count). The van der Waals surface area contributed by atoms with Gasteiger partial charge in [0.15, 0.2) is 0 Å². The summed E-state index contributed by atoms with van der Waals surface area (Å²) in [5.41, 5.74) is 1.06. The van der Waals surface area contributed by atoms with Crippen LogP contribution in [0, 0.1) is 0 Å². The molecule has 0 aliphatic heterocycles. The van der Waals surface area contributed by atoms with Gasteiger partial charge in [0.2, 0.25) is 5.91 Å². The van der Waals surface area contributed by atoms with E-state index in [2.05, 4.69) is 10.6 Å². The number of likely N-dealkylation sites (N-methyl/N-ethyl adjacent to an activating group) is 1. The molecular formula is C22H30N2O5S. The van der Waals surface area contributed by atoms with Gasteiger partial charge in [0, 0.05) is 39.2 Å². The first-order chi connectivity index (χ1) is 14.3. The number of amides is 1. The van der Waals surface area contributed by atoms with Gasteiger partial charge in [-0.15, -0.1) is 0 Å². The van der Waals surface area contributed by atoms with E-state index < -0.39 is 5.97 Å². The summed E-state index contributed by atoms with van der Waals surface area (Å²) in [6, 6.07) is 9.43. The number of hydrogen-bond acceptors (Lipinski definition) is 5. The van der Waals surface area contributed by atoms with Crippen molar-refractivity contribution in [2.45, 2.75) is 63.8 Å². The summed E-state index contributed by atoms with van der Waals surface area (Å²) >= 11 is 5.31. The first-order valence-corrected chi connectivity index (χ1v) is 10.5. The summed E-state index contributed by atoms with van der Waals surface area (Å²) in [5.74, 6) is -1.31. The van der Waals surface area contributed by atoms with Crippen LogP contribution in [0.15, 0.2) is 30.3 Å². The molecule has 0 saturated heterocycles. The third-order valence-corrected chi connectivity index (χ3v) is 5.06. The fraction of sp³-hybridized carbons (Fsp3) is 0.500. The Morgan fingerprint density at radius 1 is 0.900 bits per heavy atom. The zero-order valence-corrected chi connectivity index (χ0v) is 18.1. The van der Waals surface area contributed by atoms with E-state index >= 15 is 0 Å². The zero-order chi connectivity index (χ0) is 22.4. The maximum absolute atomic E-state index is 12.3. The largest absolute Gasteiger partial charge is 0.481 e. The van der Waals surface area contributed by atoms with Gasteiger partial charge in [-0.25, -0.2) is 0 Å². The Balaban J connectivity index is 2.29. The molecule has 164 valence electrons. The molecule has 0 aliphatic carbocycles. The number of carbonyl (C=O) groups is 4. The molecule has 1 amide bonds. The summed E-state index contributed by atoms with van der Waals surface area (Å²) in [6.45, 7) is 0. The number of nitrogens with one attached hydrogen (secondary N) is 2. The highest BCUT2D eigenvalue weighted by Crippen LogP contribution is 2.08. The van der Waals surface area contributed by atoms with Crippen molar-refractivity contribution >= 4 is 40.6 Å². The van der Waals surface area contributed by atoms with E-state index in [-0.39, 0.29) is 62.0 Å². The number of rotatable bonds is 15. The lowest BCUT2D eigenvalue weighted by Crippen LogP contribution is -2.46. The van der Waals surface area contributed by atoms with Gasteiger partial charge >= 0.3 is 5.97 Å². The number of carboxylic acid groups (broad SMARTS) is 1. The fourth-order valence-corrected chi connectivity index (χ4v) is 3.07. The molecule has 8 heteroatoms. The van der Waals surface area contributed by atoms with Crippen LogP contribution in [0.2, 0.25) is 0 Å². The summed E-state index contributed by atoms with van der Waals surface area (Å²) in [4.78, 5) is 46.7. The number of carbonyl (C=O) groups excluding carboxylic acids is 3. The Morgan fingerprint density at radius 2 is 1.47 bits per heavy atom. The lowest BCUT2D eigenvalue weighted by Gasteiger charge is -2.20. The average molecular weight is 435 g/mol. The van der Waals surface area contributed by atoms with Crippen molar-refractivity contribution < 1.29 is 24.3 Å². The molecule has 0 saturated carbocycles. The van der Waals surface area contributed by atoms with Crippen LogP contribution in [0.25, 0.3) is 0 Å². The van der Waals surface area contributed by atoms with Crippen molar-refractivity contribution in [3.63, 3.8) is 0 Å². The van der Waals surface area contributed by atoms with Gasteiger partial charge in [0.25, 0.3) is 0 Å². The maximum atomic E-state index is 12.3. The molecule has 1 aromatic carbocycles. The van der Waals surface area contributed by atoms with Gasteiger partial charge in [-0.3, -0.25) is 19.2 Å². The molecule has 30 heavy (non-hydrogen) atoms. The number of benzene rings is 1. The van der Waals surface area contributed by atoms with Crippen LogP contribution < -0.4 is 10.6 Å². The quantitative estimate of drug-likeness (QED) is 0.364. The Labute approximate surface area is 182 Å². The predicted octanol–water partition coefficient (Wildman–Crippen LogP) is 2.60. The van der Waals surface area contributed by atoms with Crippen LogP contribution in [-0.4, -0.2) is 46.6 Å². The first kappa shape index (κ1) is 25.4. The molecular weight excluding hydrogens is 404 g/mol. The van der Waals surface area contributed by atoms with Crippen molar-refractivity contribution in [3.05, 3.63) is 35.9 Å². The number of thiocarbonyl (C=S) groups is 1. The average Bonchev–Trinajstić information content (AvgIpc) is 2.72. The molecule has 0 unspecified atom stereocenters.